The third-order valence-electron chi connectivity index (χ3n) is 3.41. The number of nitrogens with one attached hydrogen (secondary N) is 1. The Kier molecular flexibility index (Phi) is 7.99. The van der Waals surface area contributed by atoms with Crippen LogP contribution >= 0.6 is 11.8 Å². The third kappa shape index (κ3) is 6.35. The van der Waals surface area contributed by atoms with E-state index in [1.165, 1.54) is 24.2 Å². The van der Waals surface area contributed by atoms with Gasteiger partial charge in [-0.2, -0.15) is 11.8 Å². The fourth-order valence-electron chi connectivity index (χ4n) is 2.15. The molecule has 2 atom stereocenters. The lowest BCUT2D eigenvalue weighted by molar-refractivity contribution is 0.414. The molecule has 108 valence electrons. The van der Waals surface area contributed by atoms with Gasteiger partial charge in [-0.25, -0.2) is 0 Å². The highest BCUT2D eigenvalue weighted by Crippen LogP contribution is 2.13. The van der Waals surface area contributed by atoms with E-state index in [-0.39, 0.29) is 0 Å². The van der Waals surface area contributed by atoms with Crippen molar-refractivity contribution in [1.82, 2.24) is 5.32 Å². The highest BCUT2D eigenvalue weighted by molar-refractivity contribution is 7.98. The van der Waals surface area contributed by atoms with E-state index in [9.17, 15) is 0 Å². The summed E-state index contributed by atoms with van der Waals surface area (Å²) in [4.78, 5) is 0. The van der Waals surface area contributed by atoms with Gasteiger partial charge in [-0.3, -0.25) is 0 Å². The molecule has 19 heavy (non-hydrogen) atoms. The van der Waals surface area contributed by atoms with Crippen molar-refractivity contribution < 1.29 is 4.74 Å². The average Bonchev–Trinajstić information content (AvgIpc) is 2.45. The normalized spacial score (nSPS) is 14.1. The Morgan fingerprint density at radius 1 is 1.26 bits per heavy atom. The Morgan fingerprint density at radius 2 is 1.95 bits per heavy atom. The Bertz CT molecular complexity index is 339. The molecule has 0 heterocycles. The Balaban J connectivity index is 2.33. The molecular weight excluding hydrogens is 254 g/mol. The maximum atomic E-state index is 5.17. The van der Waals surface area contributed by atoms with E-state index in [1.54, 1.807) is 7.11 Å². The van der Waals surface area contributed by atoms with Crippen LogP contribution in [0.3, 0.4) is 0 Å². The Labute approximate surface area is 122 Å². The topological polar surface area (TPSA) is 21.3 Å². The molecule has 0 fully saturated rings. The van der Waals surface area contributed by atoms with Gasteiger partial charge in [-0.15, -0.1) is 0 Å². The summed E-state index contributed by atoms with van der Waals surface area (Å²) in [6, 6.07) is 9.60. The molecule has 1 aromatic rings. The van der Waals surface area contributed by atoms with Crippen molar-refractivity contribution in [3.8, 4) is 5.75 Å². The second-order valence-electron chi connectivity index (χ2n) is 5.01. The van der Waals surface area contributed by atoms with Crippen LogP contribution in [0.4, 0.5) is 0 Å². The minimum Gasteiger partial charge on any atom is -0.497 e. The van der Waals surface area contributed by atoms with E-state index in [0.29, 0.717) is 12.1 Å². The summed E-state index contributed by atoms with van der Waals surface area (Å²) in [6.07, 6.45) is 5.67. The molecule has 1 rings (SSSR count). The summed E-state index contributed by atoms with van der Waals surface area (Å²) in [5.41, 5.74) is 1.38. The molecule has 0 aliphatic heterocycles. The number of rotatable bonds is 9. The van der Waals surface area contributed by atoms with E-state index in [0.717, 1.165) is 12.2 Å². The number of ether oxygens (including phenoxy) is 1. The van der Waals surface area contributed by atoms with Crippen molar-refractivity contribution in [2.24, 2.45) is 0 Å². The molecule has 0 amide bonds. The van der Waals surface area contributed by atoms with Gasteiger partial charge in [0.25, 0.3) is 0 Å². The first-order valence-electron chi connectivity index (χ1n) is 7.07. The van der Waals surface area contributed by atoms with Gasteiger partial charge < -0.3 is 10.1 Å². The Hall–Kier alpha value is -0.670. The maximum Gasteiger partial charge on any atom is 0.118 e. The largest absolute Gasteiger partial charge is 0.497 e. The molecule has 1 N–H and O–H groups in total. The third-order valence-corrected chi connectivity index (χ3v) is 4.14. The minimum absolute atomic E-state index is 0.569. The van der Waals surface area contributed by atoms with E-state index >= 15 is 0 Å². The highest BCUT2D eigenvalue weighted by atomic mass is 32.2. The molecular formula is C16H27NOS. The number of hydrogen-bond donors (Lipinski definition) is 1. The lowest BCUT2D eigenvalue weighted by atomic mass is 10.1. The van der Waals surface area contributed by atoms with E-state index in [4.69, 9.17) is 4.74 Å². The first kappa shape index (κ1) is 16.4. The van der Waals surface area contributed by atoms with Crippen LogP contribution in [0.15, 0.2) is 24.3 Å². The van der Waals surface area contributed by atoms with Crippen LogP contribution < -0.4 is 10.1 Å². The predicted octanol–water partition coefficient (Wildman–Crippen LogP) is 3.75. The van der Waals surface area contributed by atoms with Crippen molar-refractivity contribution >= 4 is 11.8 Å². The van der Waals surface area contributed by atoms with Crippen molar-refractivity contribution in [2.45, 2.75) is 45.2 Å². The lowest BCUT2D eigenvalue weighted by Crippen LogP contribution is -2.38. The number of benzene rings is 1. The second kappa shape index (κ2) is 9.27. The zero-order chi connectivity index (χ0) is 14.1. The molecule has 2 nitrogen and oxygen atoms in total. The molecule has 3 heteroatoms. The van der Waals surface area contributed by atoms with Crippen LogP contribution in [-0.2, 0) is 6.42 Å². The average molecular weight is 281 g/mol. The maximum absolute atomic E-state index is 5.17. The minimum atomic E-state index is 0.569. The van der Waals surface area contributed by atoms with Crippen LogP contribution in [0.1, 0.15) is 32.3 Å². The van der Waals surface area contributed by atoms with Crippen LogP contribution in [-0.4, -0.2) is 31.2 Å². The van der Waals surface area contributed by atoms with Gasteiger partial charge in [-0.1, -0.05) is 19.1 Å². The van der Waals surface area contributed by atoms with Crippen LogP contribution in [0.5, 0.6) is 5.75 Å². The predicted molar refractivity (Wildman–Crippen MR) is 86.4 cm³/mol. The lowest BCUT2D eigenvalue weighted by Gasteiger charge is -2.21. The van der Waals surface area contributed by atoms with Crippen LogP contribution in [0.2, 0.25) is 0 Å². The highest BCUT2D eigenvalue weighted by Gasteiger charge is 2.09. The second-order valence-corrected chi connectivity index (χ2v) is 5.93. The molecule has 0 aromatic heterocycles. The van der Waals surface area contributed by atoms with Gasteiger partial charge in [0.15, 0.2) is 0 Å². The van der Waals surface area contributed by atoms with Crippen LogP contribution in [0.25, 0.3) is 0 Å². The zero-order valence-electron chi connectivity index (χ0n) is 12.6. The number of aryl methyl sites for hydroxylation is 1. The summed E-state index contributed by atoms with van der Waals surface area (Å²) in [5.74, 6) is 2.13. The molecule has 0 aliphatic rings. The molecule has 0 saturated heterocycles. The molecule has 0 saturated carbocycles. The summed E-state index contributed by atoms with van der Waals surface area (Å²) >= 11 is 1.92. The van der Waals surface area contributed by atoms with Gasteiger partial charge >= 0.3 is 0 Å². The van der Waals surface area contributed by atoms with Crippen LogP contribution in [0, 0.1) is 0 Å². The fraction of sp³-hybridized carbons (Fsp3) is 0.625. The van der Waals surface area contributed by atoms with Gasteiger partial charge in [0.05, 0.1) is 7.11 Å². The van der Waals surface area contributed by atoms with Gasteiger partial charge in [0.2, 0.25) is 0 Å². The molecule has 0 bridgehead atoms. The van der Waals surface area contributed by atoms with E-state index in [2.05, 4.69) is 37.6 Å². The number of thioether (sulfide) groups is 1. The molecule has 0 aliphatic carbocycles. The van der Waals surface area contributed by atoms with Crippen molar-refractivity contribution in [1.29, 1.82) is 0 Å². The zero-order valence-corrected chi connectivity index (χ0v) is 13.4. The van der Waals surface area contributed by atoms with Crippen molar-refractivity contribution in [3.63, 3.8) is 0 Å². The monoisotopic (exact) mass is 281 g/mol. The summed E-state index contributed by atoms with van der Waals surface area (Å²) in [5, 5.41) is 3.71. The fourth-order valence-corrected chi connectivity index (χ4v) is 2.88. The first-order valence-corrected chi connectivity index (χ1v) is 8.46. The van der Waals surface area contributed by atoms with Gasteiger partial charge in [0.1, 0.15) is 5.75 Å². The SMILES string of the molecule is CCC(CSC)NC(C)CCc1ccc(OC)cc1. The van der Waals surface area contributed by atoms with E-state index in [1.807, 2.05) is 23.9 Å². The quantitative estimate of drug-likeness (QED) is 0.745. The van der Waals surface area contributed by atoms with Gasteiger partial charge in [-0.05, 0) is 50.1 Å². The first-order chi connectivity index (χ1) is 9.19. The molecule has 0 radical (unpaired) electrons. The smallest absolute Gasteiger partial charge is 0.118 e. The number of hydrogen-bond acceptors (Lipinski definition) is 3. The van der Waals surface area contributed by atoms with Gasteiger partial charge in [0, 0.05) is 17.8 Å². The number of methoxy groups -OCH3 is 1. The van der Waals surface area contributed by atoms with Crippen molar-refractivity contribution in [3.05, 3.63) is 29.8 Å². The Morgan fingerprint density at radius 3 is 2.47 bits per heavy atom. The summed E-state index contributed by atoms with van der Waals surface area (Å²) in [6.45, 7) is 4.54. The summed E-state index contributed by atoms with van der Waals surface area (Å²) in [7, 11) is 1.71. The van der Waals surface area contributed by atoms with Crippen molar-refractivity contribution in [2.75, 3.05) is 19.1 Å². The molecule has 1 aromatic carbocycles. The summed E-state index contributed by atoms with van der Waals surface area (Å²) < 4.78 is 5.17. The standard InChI is InChI=1S/C16H27NOS/c1-5-15(12-19-4)17-13(2)6-7-14-8-10-16(18-3)11-9-14/h8-11,13,15,17H,5-7,12H2,1-4H3. The van der Waals surface area contributed by atoms with E-state index < -0.39 is 0 Å². The molecule has 0 spiro atoms. The molecule has 2 unspecified atom stereocenters.